The highest BCUT2D eigenvalue weighted by Crippen LogP contribution is 2.24. The summed E-state index contributed by atoms with van der Waals surface area (Å²) < 4.78 is 18.2. The molecule has 0 saturated carbocycles. The van der Waals surface area contributed by atoms with E-state index in [1.807, 2.05) is 0 Å². The average molecular weight is 255 g/mol. The first-order valence-electron chi connectivity index (χ1n) is 5.67. The summed E-state index contributed by atoms with van der Waals surface area (Å²) in [4.78, 5) is 8.26. The van der Waals surface area contributed by atoms with Crippen LogP contribution in [0.25, 0.3) is 22.7 Å². The molecule has 0 unspecified atom stereocenters. The second-order valence-electron chi connectivity index (χ2n) is 3.98. The largest absolute Gasteiger partial charge is 0.463 e. The lowest BCUT2D eigenvalue weighted by molar-refractivity contribution is 0.580. The summed E-state index contributed by atoms with van der Waals surface area (Å²) in [5, 5.41) is 0. The van der Waals surface area contributed by atoms with Crippen LogP contribution >= 0.6 is 0 Å². The molecule has 2 aromatic heterocycles. The van der Waals surface area contributed by atoms with Gasteiger partial charge in [-0.25, -0.2) is 14.4 Å². The summed E-state index contributed by atoms with van der Waals surface area (Å²) in [7, 11) is 0. The van der Waals surface area contributed by atoms with E-state index < -0.39 is 0 Å². The Morgan fingerprint density at radius 3 is 2.42 bits per heavy atom. The fourth-order valence-corrected chi connectivity index (χ4v) is 1.78. The van der Waals surface area contributed by atoms with Gasteiger partial charge < -0.3 is 10.2 Å². The number of halogens is 1. The van der Waals surface area contributed by atoms with Crippen molar-refractivity contribution >= 4 is 5.95 Å². The van der Waals surface area contributed by atoms with Crippen LogP contribution in [0.5, 0.6) is 0 Å². The summed E-state index contributed by atoms with van der Waals surface area (Å²) in [5.74, 6) is 0.461. The van der Waals surface area contributed by atoms with E-state index in [2.05, 4.69) is 9.97 Å². The van der Waals surface area contributed by atoms with Crippen molar-refractivity contribution in [3.63, 3.8) is 0 Å². The van der Waals surface area contributed by atoms with Gasteiger partial charge >= 0.3 is 0 Å². The van der Waals surface area contributed by atoms with Crippen LogP contribution < -0.4 is 5.73 Å². The van der Waals surface area contributed by atoms with Crippen LogP contribution in [-0.2, 0) is 0 Å². The molecule has 19 heavy (non-hydrogen) atoms. The third-order valence-corrected chi connectivity index (χ3v) is 2.66. The normalized spacial score (nSPS) is 10.6. The fourth-order valence-electron chi connectivity index (χ4n) is 1.78. The zero-order valence-electron chi connectivity index (χ0n) is 9.88. The second kappa shape index (κ2) is 4.53. The number of benzene rings is 1. The average Bonchev–Trinajstić information content (AvgIpc) is 2.93. The lowest BCUT2D eigenvalue weighted by Gasteiger charge is -2.04. The highest BCUT2D eigenvalue weighted by molar-refractivity contribution is 5.66. The van der Waals surface area contributed by atoms with E-state index in [0.717, 1.165) is 5.56 Å². The van der Waals surface area contributed by atoms with Crippen molar-refractivity contribution in [2.45, 2.75) is 0 Å². The first-order valence-corrected chi connectivity index (χ1v) is 5.67. The van der Waals surface area contributed by atoms with Gasteiger partial charge in [0.25, 0.3) is 0 Å². The van der Waals surface area contributed by atoms with E-state index in [4.69, 9.17) is 10.2 Å². The van der Waals surface area contributed by atoms with Gasteiger partial charge in [-0.05, 0) is 42.5 Å². The SMILES string of the molecule is Nc1nc(-c2ccc(F)cc2)cc(-c2ccco2)n1. The van der Waals surface area contributed by atoms with Gasteiger partial charge in [-0.1, -0.05) is 0 Å². The van der Waals surface area contributed by atoms with Crippen molar-refractivity contribution < 1.29 is 8.81 Å². The van der Waals surface area contributed by atoms with Crippen LogP contribution in [0.15, 0.2) is 53.1 Å². The van der Waals surface area contributed by atoms with Crippen molar-refractivity contribution in [3.05, 3.63) is 54.5 Å². The predicted octanol–water partition coefficient (Wildman–Crippen LogP) is 3.12. The molecule has 0 bridgehead atoms. The molecule has 5 heteroatoms. The van der Waals surface area contributed by atoms with E-state index in [1.54, 1.807) is 36.6 Å². The van der Waals surface area contributed by atoms with Crippen molar-refractivity contribution in [3.8, 4) is 22.7 Å². The first-order chi connectivity index (χ1) is 9.22. The van der Waals surface area contributed by atoms with Crippen LogP contribution in [0, 0.1) is 5.82 Å². The zero-order chi connectivity index (χ0) is 13.2. The van der Waals surface area contributed by atoms with Gasteiger partial charge in [-0.3, -0.25) is 0 Å². The maximum absolute atomic E-state index is 12.9. The van der Waals surface area contributed by atoms with Crippen LogP contribution in [0.3, 0.4) is 0 Å². The molecule has 0 saturated heterocycles. The molecule has 0 radical (unpaired) electrons. The molecular formula is C14H10FN3O. The lowest BCUT2D eigenvalue weighted by Crippen LogP contribution is -1.98. The van der Waals surface area contributed by atoms with Gasteiger partial charge in [0.1, 0.15) is 11.5 Å². The molecule has 0 aliphatic heterocycles. The maximum atomic E-state index is 12.9. The minimum atomic E-state index is -0.294. The van der Waals surface area contributed by atoms with E-state index in [1.165, 1.54) is 12.1 Å². The maximum Gasteiger partial charge on any atom is 0.221 e. The minimum Gasteiger partial charge on any atom is -0.463 e. The Labute approximate surface area is 108 Å². The highest BCUT2D eigenvalue weighted by Gasteiger charge is 2.08. The monoisotopic (exact) mass is 255 g/mol. The van der Waals surface area contributed by atoms with E-state index in [9.17, 15) is 4.39 Å². The molecule has 3 rings (SSSR count). The molecular weight excluding hydrogens is 245 g/mol. The summed E-state index contributed by atoms with van der Waals surface area (Å²) in [6, 6.07) is 11.3. The molecule has 0 atom stereocenters. The highest BCUT2D eigenvalue weighted by atomic mass is 19.1. The lowest BCUT2D eigenvalue weighted by atomic mass is 10.1. The minimum absolute atomic E-state index is 0.147. The Kier molecular flexibility index (Phi) is 2.72. The van der Waals surface area contributed by atoms with Gasteiger partial charge in [0, 0.05) is 5.56 Å². The van der Waals surface area contributed by atoms with E-state index >= 15 is 0 Å². The third-order valence-electron chi connectivity index (χ3n) is 2.66. The summed E-state index contributed by atoms with van der Waals surface area (Å²) in [5.41, 5.74) is 7.68. The number of nitrogen functional groups attached to an aromatic ring is 1. The van der Waals surface area contributed by atoms with Gasteiger partial charge in [-0.15, -0.1) is 0 Å². The number of nitrogens with two attached hydrogens (primary N) is 1. The zero-order valence-corrected chi connectivity index (χ0v) is 9.88. The van der Waals surface area contributed by atoms with E-state index in [-0.39, 0.29) is 11.8 Å². The third kappa shape index (κ3) is 2.30. The molecule has 0 aliphatic carbocycles. The fraction of sp³-hybridized carbons (Fsp3) is 0. The van der Waals surface area contributed by atoms with Gasteiger partial charge in [0.05, 0.1) is 12.0 Å². The Hall–Kier alpha value is -2.69. The van der Waals surface area contributed by atoms with Crippen LogP contribution in [0.1, 0.15) is 0 Å². The van der Waals surface area contributed by atoms with Crippen molar-refractivity contribution in [1.82, 2.24) is 9.97 Å². The summed E-state index contributed by atoms with van der Waals surface area (Å²) >= 11 is 0. The molecule has 3 aromatic rings. The van der Waals surface area contributed by atoms with Crippen molar-refractivity contribution in [2.24, 2.45) is 0 Å². The Balaban J connectivity index is 2.10. The number of hydrogen-bond donors (Lipinski definition) is 1. The molecule has 0 aliphatic rings. The molecule has 0 fully saturated rings. The number of rotatable bonds is 2. The van der Waals surface area contributed by atoms with Crippen molar-refractivity contribution in [2.75, 3.05) is 5.73 Å². The Bertz CT molecular complexity index is 693. The van der Waals surface area contributed by atoms with Gasteiger partial charge in [0.2, 0.25) is 5.95 Å². The molecule has 1 aromatic carbocycles. The number of anilines is 1. The molecule has 0 spiro atoms. The van der Waals surface area contributed by atoms with Crippen LogP contribution in [0.4, 0.5) is 10.3 Å². The van der Waals surface area contributed by atoms with Crippen LogP contribution in [0.2, 0.25) is 0 Å². The topological polar surface area (TPSA) is 64.9 Å². The quantitative estimate of drug-likeness (QED) is 0.764. The number of furan rings is 1. The smallest absolute Gasteiger partial charge is 0.221 e. The first kappa shape index (κ1) is 11.4. The molecule has 0 amide bonds. The second-order valence-corrected chi connectivity index (χ2v) is 3.98. The van der Waals surface area contributed by atoms with E-state index in [0.29, 0.717) is 17.1 Å². The Morgan fingerprint density at radius 2 is 1.74 bits per heavy atom. The van der Waals surface area contributed by atoms with Gasteiger partial charge in [-0.2, -0.15) is 0 Å². The molecule has 4 nitrogen and oxygen atoms in total. The standard InChI is InChI=1S/C14H10FN3O/c15-10-5-3-9(4-6-10)11-8-12(18-14(16)17-11)13-2-1-7-19-13/h1-8H,(H2,16,17,18). The number of nitrogens with zero attached hydrogens (tertiary/aromatic N) is 2. The Morgan fingerprint density at radius 1 is 1.00 bits per heavy atom. The summed E-state index contributed by atoms with van der Waals surface area (Å²) in [6.07, 6.45) is 1.56. The van der Waals surface area contributed by atoms with Crippen LogP contribution in [-0.4, -0.2) is 9.97 Å². The number of hydrogen-bond acceptors (Lipinski definition) is 4. The molecule has 94 valence electrons. The molecule has 2 N–H and O–H groups in total. The summed E-state index contributed by atoms with van der Waals surface area (Å²) in [6.45, 7) is 0. The van der Waals surface area contributed by atoms with Gasteiger partial charge in [0.15, 0.2) is 5.76 Å². The number of aromatic nitrogens is 2. The van der Waals surface area contributed by atoms with Crippen molar-refractivity contribution in [1.29, 1.82) is 0 Å². The predicted molar refractivity (Wildman–Crippen MR) is 69.5 cm³/mol. The molecule has 2 heterocycles.